The highest BCUT2D eigenvalue weighted by molar-refractivity contribution is 6.11. The van der Waals surface area contributed by atoms with E-state index < -0.39 is 0 Å². The highest BCUT2D eigenvalue weighted by Gasteiger charge is 2.16. The van der Waals surface area contributed by atoms with E-state index in [9.17, 15) is 4.79 Å². The van der Waals surface area contributed by atoms with Gasteiger partial charge in [0.2, 0.25) is 0 Å². The number of nitrogens with one attached hydrogen (secondary N) is 2. The minimum Gasteiger partial charge on any atom is -0.318 e. The molecular formula is C25H22N6O. The maximum Gasteiger partial charge on any atom is 0.276 e. The summed E-state index contributed by atoms with van der Waals surface area (Å²) >= 11 is 0. The molecular weight excluding hydrogens is 400 g/mol. The number of aryl methyl sites for hydroxylation is 2. The number of hydrogen-bond donors (Lipinski definition) is 2. The average Bonchev–Trinajstić information content (AvgIpc) is 3.40. The zero-order valence-corrected chi connectivity index (χ0v) is 17.8. The van der Waals surface area contributed by atoms with Crippen LogP contribution in [0.1, 0.15) is 27.3 Å². The van der Waals surface area contributed by atoms with Gasteiger partial charge in [0.15, 0.2) is 5.69 Å². The minimum atomic E-state index is -0.281. The lowest BCUT2D eigenvalue weighted by atomic mass is 10.0. The number of pyridine rings is 1. The van der Waals surface area contributed by atoms with E-state index in [2.05, 4.69) is 50.7 Å². The molecule has 7 nitrogen and oxygen atoms in total. The van der Waals surface area contributed by atoms with Gasteiger partial charge in [-0.3, -0.25) is 19.6 Å². The highest BCUT2D eigenvalue weighted by Crippen LogP contribution is 2.25. The number of hydrogen-bond acceptors (Lipinski definition) is 4. The third kappa shape index (κ3) is 4.00. The number of fused-ring (bicyclic) bond motifs is 1. The van der Waals surface area contributed by atoms with Gasteiger partial charge in [-0.25, -0.2) is 0 Å². The van der Waals surface area contributed by atoms with Crippen LogP contribution in [-0.4, -0.2) is 30.9 Å². The van der Waals surface area contributed by atoms with Gasteiger partial charge in [-0.15, -0.1) is 0 Å². The van der Waals surface area contributed by atoms with E-state index in [-0.39, 0.29) is 5.91 Å². The molecule has 0 aliphatic carbocycles. The van der Waals surface area contributed by atoms with Crippen LogP contribution < -0.4 is 5.32 Å². The molecule has 0 unspecified atom stereocenters. The lowest BCUT2D eigenvalue weighted by molar-refractivity contribution is 0.102. The van der Waals surface area contributed by atoms with E-state index >= 15 is 0 Å². The standard InChI is InChI=1S/C25H22N6O/c1-16-4-3-5-18(10-16)14-31-15-21(13-27-31)28-25(32)24-22-9-8-19(11-23(22)29-30-24)20-7-6-17(2)26-12-20/h3-13,15H,14H2,1-2H3,(H,28,32)(H,29,30). The molecule has 2 aromatic carbocycles. The predicted octanol–water partition coefficient (Wildman–Crippen LogP) is 4.74. The van der Waals surface area contributed by atoms with Gasteiger partial charge in [0, 0.05) is 29.0 Å². The SMILES string of the molecule is Cc1cccc(Cn2cc(NC(=O)c3n[nH]c4cc(-c5ccc(C)nc5)ccc34)cn2)c1. The number of rotatable bonds is 5. The molecule has 0 aliphatic heterocycles. The van der Waals surface area contributed by atoms with Crippen LogP contribution in [0.4, 0.5) is 5.69 Å². The predicted molar refractivity (Wildman–Crippen MR) is 125 cm³/mol. The lowest BCUT2D eigenvalue weighted by Crippen LogP contribution is -2.12. The average molecular weight is 422 g/mol. The molecule has 5 aromatic rings. The largest absolute Gasteiger partial charge is 0.318 e. The topological polar surface area (TPSA) is 88.5 Å². The Hall–Kier alpha value is -4.26. The van der Waals surface area contributed by atoms with Crippen LogP contribution in [0, 0.1) is 13.8 Å². The van der Waals surface area contributed by atoms with E-state index in [4.69, 9.17) is 0 Å². The first kappa shape index (κ1) is 19.7. The Kier molecular flexibility index (Phi) is 4.99. The molecule has 2 N–H and O–H groups in total. The van der Waals surface area contributed by atoms with Crippen LogP contribution in [0.2, 0.25) is 0 Å². The van der Waals surface area contributed by atoms with Crippen molar-refractivity contribution in [1.29, 1.82) is 0 Å². The van der Waals surface area contributed by atoms with Crippen molar-refractivity contribution in [2.75, 3.05) is 5.32 Å². The molecule has 0 saturated carbocycles. The first-order chi connectivity index (χ1) is 15.5. The number of benzene rings is 2. The van der Waals surface area contributed by atoms with E-state index in [1.165, 1.54) is 5.56 Å². The monoisotopic (exact) mass is 422 g/mol. The Labute approximate surface area is 185 Å². The summed E-state index contributed by atoms with van der Waals surface area (Å²) in [6.07, 6.45) is 5.30. The van der Waals surface area contributed by atoms with Crippen molar-refractivity contribution in [2.45, 2.75) is 20.4 Å². The van der Waals surface area contributed by atoms with Crippen molar-refractivity contribution in [3.05, 3.63) is 95.7 Å². The Morgan fingerprint density at radius 2 is 1.91 bits per heavy atom. The van der Waals surface area contributed by atoms with Gasteiger partial charge in [-0.05, 0) is 43.2 Å². The van der Waals surface area contributed by atoms with E-state index in [1.54, 1.807) is 10.9 Å². The Bertz CT molecular complexity index is 1410. The molecule has 1 amide bonds. The summed E-state index contributed by atoms with van der Waals surface area (Å²) in [5.41, 5.74) is 7.12. The molecule has 0 atom stereocenters. The van der Waals surface area contributed by atoms with Crippen LogP contribution in [-0.2, 0) is 6.54 Å². The number of amides is 1. The number of H-pyrrole nitrogens is 1. The molecule has 7 heteroatoms. The number of aromatic nitrogens is 5. The molecule has 3 heterocycles. The molecule has 32 heavy (non-hydrogen) atoms. The fourth-order valence-electron chi connectivity index (χ4n) is 3.71. The summed E-state index contributed by atoms with van der Waals surface area (Å²) in [6, 6.07) is 18.1. The molecule has 0 saturated heterocycles. The molecule has 0 aliphatic rings. The zero-order chi connectivity index (χ0) is 22.1. The second kappa shape index (κ2) is 8.11. The first-order valence-electron chi connectivity index (χ1n) is 10.4. The Morgan fingerprint density at radius 3 is 2.72 bits per heavy atom. The summed E-state index contributed by atoms with van der Waals surface area (Å²) in [7, 11) is 0. The van der Waals surface area contributed by atoms with Crippen molar-refractivity contribution in [3.8, 4) is 11.1 Å². The quantitative estimate of drug-likeness (QED) is 0.428. The van der Waals surface area contributed by atoms with Crippen LogP contribution in [0.25, 0.3) is 22.0 Å². The normalized spacial score (nSPS) is 11.1. The molecule has 5 rings (SSSR count). The van der Waals surface area contributed by atoms with Crippen LogP contribution in [0.3, 0.4) is 0 Å². The second-order valence-electron chi connectivity index (χ2n) is 7.89. The number of aromatic amines is 1. The summed E-state index contributed by atoms with van der Waals surface area (Å²) in [6.45, 7) is 4.66. The van der Waals surface area contributed by atoms with Gasteiger partial charge in [0.05, 0.1) is 23.9 Å². The fraction of sp³-hybridized carbons (Fsp3) is 0.120. The van der Waals surface area contributed by atoms with Crippen molar-refractivity contribution in [3.63, 3.8) is 0 Å². The van der Waals surface area contributed by atoms with Crippen molar-refractivity contribution >= 4 is 22.5 Å². The first-order valence-corrected chi connectivity index (χ1v) is 10.4. The van der Waals surface area contributed by atoms with Crippen LogP contribution >= 0.6 is 0 Å². The summed E-state index contributed by atoms with van der Waals surface area (Å²) in [5, 5.41) is 15.2. The summed E-state index contributed by atoms with van der Waals surface area (Å²) in [5.74, 6) is -0.281. The van der Waals surface area contributed by atoms with Gasteiger partial charge >= 0.3 is 0 Å². The third-order valence-corrected chi connectivity index (χ3v) is 5.34. The number of carbonyl (C=O) groups is 1. The maximum absolute atomic E-state index is 12.9. The summed E-state index contributed by atoms with van der Waals surface area (Å²) < 4.78 is 1.80. The fourth-order valence-corrected chi connectivity index (χ4v) is 3.71. The van der Waals surface area contributed by atoms with Gasteiger partial charge in [0.25, 0.3) is 5.91 Å². The molecule has 0 bridgehead atoms. The molecule has 158 valence electrons. The van der Waals surface area contributed by atoms with Gasteiger partial charge in [0.1, 0.15) is 0 Å². The Morgan fingerprint density at radius 1 is 1.03 bits per heavy atom. The number of carbonyl (C=O) groups excluding carboxylic acids is 1. The zero-order valence-electron chi connectivity index (χ0n) is 17.8. The summed E-state index contributed by atoms with van der Waals surface area (Å²) in [4.78, 5) is 17.2. The second-order valence-corrected chi connectivity index (χ2v) is 7.89. The van der Waals surface area contributed by atoms with Crippen LogP contribution in [0.5, 0.6) is 0 Å². The molecule has 0 radical (unpaired) electrons. The minimum absolute atomic E-state index is 0.281. The van der Waals surface area contributed by atoms with E-state index in [0.717, 1.165) is 33.3 Å². The molecule has 0 spiro atoms. The van der Waals surface area contributed by atoms with Crippen LogP contribution in [0.15, 0.2) is 73.2 Å². The van der Waals surface area contributed by atoms with Gasteiger partial charge in [-0.2, -0.15) is 10.2 Å². The highest BCUT2D eigenvalue weighted by atomic mass is 16.2. The third-order valence-electron chi connectivity index (χ3n) is 5.34. The van der Waals surface area contributed by atoms with Crippen molar-refractivity contribution < 1.29 is 4.79 Å². The number of anilines is 1. The Balaban J connectivity index is 1.33. The lowest BCUT2D eigenvalue weighted by Gasteiger charge is -2.03. The van der Waals surface area contributed by atoms with E-state index in [0.29, 0.717) is 17.9 Å². The van der Waals surface area contributed by atoms with Gasteiger partial charge in [-0.1, -0.05) is 42.0 Å². The van der Waals surface area contributed by atoms with Crippen molar-refractivity contribution in [2.24, 2.45) is 0 Å². The smallest absolute Gasteiger partial charge is 0.276 e. The van der Waals surface area contributed by atoms with Gasteiger partial charge < -0.3 is 5.32 Å². The number of nitrogens with zero attached hydrogens (tertiary/aromatic N) is 4. The maximum atomic E-state index is 12.9. The van der Waals surface area contributed by atoms with Crippen molar-refractivity contribution in [1.82, 2.24) is 25.0 Å². The molecule has 3 aromatic heterocycles. The molecule has 0 fully saturated rings. The van der Waals surface area contributed by atoms with E-state index in [1.807, 2.05) is 55.7 Å².